The molecule has 3 amide bonds. The molecule has 21 nitrogen and oxygen atoms in total. The topological polar surface area (TPSA) is 318 Å². The van der Waals surface area contributed by atoms with E-state index in [0.717, 1.165) is 22.3 Å². The summed E-state index contributed by atoms with van der Waals surface area (Å²) < 4.78 is 45.5. The van der Waals surface area contributed by atoms with E-state index in [1.54, 1.807) is 13.8 Å². The van der Waals surface area contributed by atoms with Crippen molar-refractivity contribution in [2.24, 2.45) is 11.7 Å². The van der Waals surface area contributed by atoms with Gasteiger partial charge in [0.05, 0.1) is 34.7 Å². The summed E-state index contributed by atoms with van der Waals surface area (Å²) in [5.41, 5.74) is 10.1. The molecule has 6 aromatic rings. The predicted octanol–water partition coefficient (Wildman–Crippen LogP) is 3.83. The van der Waals surface area contributed by atoms with Crippen molar-refractivity contribution in [3.63, 3.8) is 0 Å². The van der Waals surface area contributed by atoms with Crippen LogP contribution in [0.5, 0.6) is 5.75 Å². The Kier molecular flexibility index (Phi) is 12.8. The molecule has 0 radical (unpaired) electrons. The standard InChI is InChI=1S/C55H50FN5O16/c1-3-55(72)35-17-39-43-32(20-61(39)49(66)34(35)22-73-52(55)69)31-15-25(14-30-23(2)36(56)18-38(60-43)42(30)31)47(77-53(57)70)24-12-13-40(75-51-46(65)44(63)45(64)48(76-51)50(67)68)37(16-24)59-41(62)19-58-54(71)74-21-33-28-10-6-4-8-26(28)27-9-5-7-11-29(27)33/h4-13,16-18,25,33,44-48,51,63-65,72H,3,14-15,19-22H2,1-2H3,(H2,57,70)(H,58,71)(H,59,62)(H,67,68)/t25?,44-,45-,46?,47?,48-,51+,55-/m0/s1. The molecule has 77 heavy (non-hydrogen) atoms. The zero-order chi connectivity index (χ0) is 54.4. The summed E-state index contributed by atoms with van der Waals surface area (Å²) in [5, 5.41) is 58.8. The van der Waals surface area contributed by atoms with Gasteiger partial charge in [-0.25, -0.2) is 28.6 Å². The maximum absolute atomic E-state index is 16.1. The molecule has 8 atom stereocenters. The number of nitrogens with one attached hydrogen (secondary N) is 2. The first-order chi connectivity index (χ1) is 36.9. The van der Waals surface area contributed by atoms with E-state index in [1.165, 1.54) is 34.9 Å². The van der Waals surface area contributed by atoms with Crippen LogP contribution >= 0.6 is 0 Å². The van der Waals surface area contributed by atoms with Crippen LogP contribution in [0.15, 0.2) is 83.7 Å². The lowest BCUT2D eigenvalue weighted by Crippen LogP contribution is -2.61. The number of carbonyl (C=O) groups excluding carboxylic acids is 4. The fourth-order valence-corrected chi connectivity index (χ4v) is 11.5. The first kappa shape index (κ1) is 50.9. The van der Waals surface area contributed by atoms with Crippen LogP contribution in [-0.4, -0.2) is 109 Å². The Balaban J connectivity index is 0.916. The van der Waals surface area contributed by atoms with Crippen LogP contribution in [0.25, 0.3) is 33.4 Å². The van der Waals surface area contributed by atoms with Crippen molar-refractivity contribution in [2.45, 2.75) is 94.6 Å². The van der Waals surface area contributed by atoms with E-state index in [2.05, 4.69) is 10.6 Å². The Morgan fingerprint density at radius 3 is 2.31 bits per heavy atom. The van der Waals surface area contributed by atoms with Gasteiger partial charge in [-0.2, -0.15) is 0 Å². The molecule has 0 spiro atoms. The summed E-state index contributed by atoms with van der Waals surface area (Å²) in [6.07, 6.45) is -13.4. The number of amides is 3. The summed E-state index contributed by atoms with van der Waals surface area (Å²) in [7, 11) is 0. The van der Waals surface area contributed by atoms with Crippen LogP contribution in [0.4, 0.5) is 19.7 Å². The number of aromatic nitrogens is 2. The van der Waals surface area contributed by atoms with Crippen LogP contribution in [0, 0.1) is 18.7 Å². The van der Waals surface area contributed by atoms with Gasteiger partial charge >= 0.3 is 24.1 Å². The molecular weight excluding hydrogens is 1010 g/mol. The van der Waals surface area contributed by atoms with Crippen LogP contribution in [0.2, 0.25) is 0 Å². The van der Waals surface area contributed by atoms with Gasteiger partial charge in [-0.1, -0.05) is 61.5 Å². The van der Waals surface area contributed by atoms with Crippen molar-refractivity contribution >= 4 is 46.6 Å². The molecule has 2 aromatic heterocycles. The molecule has 1 saturated heterocycles. The lowest BCUT2D eigenvalue weighted by Gasteiger charge is -2.38. The summed E-state index contributed by atoms with van der Waals surface area (Å²) >= 11 is 0. The van der Waals surface area contributed by atoms with Gasteiger partial charge in [-0.3, -0.25) is 9.59 Å². The predicted molar refractivity (Wildman–Crippen MR) is 267 cm³/mol. The number of rotatable bonds is 12. The molecule has 1 fully saturated rings. The number of carbonyl (C=O) groups is 5. The molecule has 4 aromatic carbocycles. The first-order valence-corrected chi connectivity index (χ1v) is 24.7. The van der Waals surface area contributed by atoms with Gasteiger partial charge in [0.1, 0.15) is 55.7 Å². The highest BCUT2D eigenvalue weighted by atomic mass is 19.1. The average Bonchev–Trinajstić information content (AvgIpc) is 4.13. The maximum atomic E-state index is 16.1. The minimum atomic E-state index is -2.11. The molecule has 3 aliphatic heterocycles. The SMILES string of the molecule is CC[C@@]1(O)C(=O)OCc2c1cc1n(c2=O)Cc2c-1nc1cc(F)c(C)c3c1c2CC(C(OC(N)=O)c1ccc(O[C@@H]2O[C@H](C(=O)O)[C@@H](O)[C@H](O)C2O)c(NC(=O)CNC(=O)OCC2c4ccccc4-c4ccccc42)c1)C3. The number of fused-ring (bicyclic) bond motifs is 8. The van der Waals surface area contributed by atoms with E-state index in [4.69, 9.17) is 34.4 Å². The highest BCUT2D eigenvalue weighted by molar-refractivity contribution is 5.96. The number of nitrogens with zero attached hydrogens (tertiary/aromatic N) is 2. The molecule has 5 heterocycles. The summed E-state index contributed by atoms with van der Waals surface area (Å²) in [4.78, 5) is 83.9. The fourth-order valence-electron chi connectivity index (χ4n) is 11.5. The Labute approximate surface area is 435 Å². The highest BCUT2D eigenvalue weighted by Crippen LogP contribution is 2.48. The Morgan fingerprint density at radius 1 is 0.922 bits per heavy atom. The number of nitrogens with two attached hydrogens (primary N) is 1. The van der Waals surface area contributed by atoms with E-state index in [-0.39, 0.29) is 89.8 Å². The minimum Gasteiger partial charge on any atom is -0.479 e. The summed E-state index contributed by atoms with van der Waals surface area (Å²) in [6.45, 7) is 2.08. The van der Waals surface area contributed by atoms with E-state index in [9.17, 15) is 54.3 Å². The number of carboxylic acid groups (broad SMARTS) is 1. The monoisotopic (exact) mass is 1060 g/mol. The molecule has 9 N–H and O–H groups in total. The average molecular weight is 1060 g/mol. The van der Waals surface area contributed by atoms with Gasteiger partial charge in [-0.15, -0.1) is 0 Å². The largest absolute Gasteiger partial charge is 0.479 e. The van der Waals surface area contributed by atoms with Crippen LogP contribution in [-0.2, 0) is 64.9 Å². The van der Waals surface area contributed by atoms with Crippen molar-refractivity contribution in [3.05, 3.63) is 145 Å². The number of hydrogen-bond acceptors (Lipinski definition) is 16. The van der Waals surface area contributed by atoms with Crippen molar-refractivity contribution in [2.75, 3.05) is 18.5 Å². The number of hydrogen-bond donors (Lipinski definition) is 8. The molecular formula is C55H50FN5O16. The number of halogens is 1. The lowest BCUT2D eigenvalue weighted by molar-refractivity contribution is -0.271. The van der Waals surface area contributed by atoms with E-state index >= 15 is 4.39 Å². The molecule has 2 aliphatic carbocycles. The third-order valence-electron chi connectivity index (χ3n) is 15.4. The van der Waals surface area contributed by atoms with Gasteiger partial charge in [0.15, 0.2) is 11.7 Å². The van der Waals surface area contributed by atoms with Crippen molar-refractivity contribution in [3.8, 4) is 28.3 Å². The second-order valence-electron chi connectivity index (χ2n) is 19.7. The maximum Gasteiger partial charge on any atom is 0.407 e. The van der Waals surface area contributed by atoms with Crippen molar-refractivity contribution < 1.29 is 77.6 Å². The Morgan fingerprint density at radius 2 is 1.62 bits per heavy atom. The van der Waals surface area contributed by atoms with Crippen LogP contribution in [0.1, 0.15) is 75.4 Å². The summed E-state index contributed by atoms with van der Waals surface area (Å²) in [5.74, 6) is -5.35. The second kappa shape index (κ2) is 19.4. The lowest BCUT2D eigenvalue weighted by atomic mass is 9.75. The van der Waals surface area contributed by atoms with Crippen LogP contribution in [0.3, 0.4) is 0 Å². The minimum absolute atomic E-state index is 0.00663. The number of carboxylic acids is 1. The van der Waals surface area contributed by atoms with Gasteiger partial charge in [0, 0.05) is 34.4 Å². The van der Waals surface area contributed by atoms with Crippen molar-refractivity contribution in [1.82, 2.24) is 14.9 Å². The van der Waals surface area contributed by atoms with E-state index in [1.807, 2.05) is 48.5 Å². The number of esters is 1. The second-order valence-corrected chi connectivity index (χ2v) is 19.7. The highest BCUT2D eigenvalue weighted by Gasteiger charge is 2.49. The molecule has 0 bridgehead atoms. The van der Waals surface area contributed by atoms with Gasteiger partial charge < -0.3 is 70.2 Å². The van der Waals surface area contributed by atoms with Gasteiger partial charge in [-0.05, 0) is 88.9 Å². The zero-order valence-electron chi connectivity index (χ0n) is 41.2. The third-order valence-corrected chi connectivity index (χ3v) is 15.4. The van der Waals surface area contributed by atoms with Crippen LogP contribution < -0.4 is 26.7 Å². The normalized spacial score (nSPS) is 23.1. The number of pyridine rings is 2. The number of cyclic esters (lactones) is 1. The summed E-state index contributed by atoms with van der Waals surface area (Å²) in [6, 6.07) is 22.3. The zero-order valence-corrected chi connectivity index (χ0v) is 41.2. The fraction of sp³-hybridized carbons (Fsp3) is 0.327. The van der Waals surface area contributed by atoms with E-state index < -0.39 is 96.3 Å². The molecule has 3 unspecified atom stereocenters. The van der Waals surface area contributed by atoms with E-state index in [0.29, 0.717) is 27.8 Å². The number of aliphatic hydroxyl groups excluding tert-OH is 3. The molecule has 22 heteroatoms. The number of alkyl carbamates (subject to hydrolysis) is 1. The molecule has 398 valence electrons. The third kappa shape index (κ3) is 8.57. The quantitative estimate of drug-likeness (QED) is 0.0637. The Hall–Kier alpha value is -8.28. The Bertz CT molecular complexity index is 3520. The molecule has 11 rings (SSSR count). The van der Waals surface area contributed by atoms with Crippen molar-refractivity contribution in [1.29, 1.82) is 0 Å². The number of aliphatic hydroxyl groups is 4. The number of anilines is 1. The molecule has 0 saturated carbocycles. The number of benzene rings is 4. The number of aliphatic carboxylic acids is 1. The number of primary amides is 1. The van der Waals surface area contributed by atoms with Gasteiger partial charge in [0.25, 0.3) is 5.56 Å². The van der Waals surface area contributed by atoms with Gasteiger partial charge in [0.2, 0.25) is 12.2 Å². The smallest absolute Gasteiger partial charge is 0.407 e. The first-order valence-electron chi connectivity index (χ1n) is 24.7. The number of ether oxygens (including phenoxy) is 5. The molecule has 5 aliphatic rings.